The van der Waals surface area contributed by atoms with Crippen molar-refractivity contribution in [1.82, 2.24) is 24.6 Å². The summed E-state index contributed by atoms with van der Waals surface area (Å²) in [6, 6.07) is 12.5. The van der Waals surface area contributed by atoms with Crippen LogP contribution < -0.4 is 5.32 Å². The van der Waals surface area contributed by atoms with Crippen molar-refractivity contribution in [2.75, 3.05) is 11.9 Å². The molecule has 0 aliphatic carbocycles. The Labute approximate surface area is 210 Å². The van der Waals surface area contributed by atoms with Crippen LogP contribution in [0.25, 0.3) is 11.5 Å². The number of halogens is 2. The smallest absolute Gasteiger partial charge is 0.259 e. The first kappa shape index (κ1) is 24.2. The summed E-state index contributed by atoms with van der Waals surface area (Å²) in [5, 5.41) is 20.0. The van der Waals surface area contributed by atoms with Gasteiger partial charge in [0.05, 0.1) is 18.2 Å². The number of nitrogens with one attached hydrogen (secondary N) is 1. The standard InChI is InChI=1S/C26H22F2N6O3/c1-15(13-35)34-14-29-32-24(34)22-3-2-4-23(30-22)31-25(36)20-9-17-11-33(12-18(17)10-21(20)28)26(37)16-5-7-19(27)8-6-16/h2-10,14-15,35H,11-13H2,1H3,(H,30,31,36)/t15-/m1/s1. The lowest BCUT2D eigenvalue weighted by Gasteiger charge is -2.15. The van der Waals surface area contributed by atoms with E-state index in [1.54, 1.807) is 29.7 Å². The zero-order valence-corrected chi connectivity index (χ0v) is 19.7. The molecular formula is C26H22F2N6O3. The van der Waals surface area contributed by atoms with Gasteiger partial charge in [0, 0.05) is 18.7 Å². The van der Waals surface area contributed by atoms with E-state index < -0.39 is 17.5 Å². The van der Waals surface area contributed by atoms with E-state index in [-0.39, 0.29) is 43.0 Å². The van der Waals surface area contributed by atoms with Crippen LogP contribution in [-0.2, 0) is 13.1 Å². The fraction of sp³-hybridized carbons (Fsp3) is 0.192. The van der Waals surface area contributed by atoms with Crippen LogP contribution in [0, 0.1) is 11.6 Å². The molecule has 37 heavy (non-hydrogen) atoms. The molecule has 11 heteroatoms. The molecule has 0 bridgehead atoms. The number of hydrogen-bond donors (Lipinski definition) is 2. The molecule has 2 N–H and O–H groups in total. The highest BCUT2D eigenvalue weighted by atomic mass is 19.1. The number of aliphatic hydroxyl groups is 1. The highest BCUT2D eigenvalue weighted by molar-refractivity contribution is 6.04. The van der Waals surface area contributed by atoms with Gasteiger partial charge in [0.25, 0.3) is 11.8 Å². The van der Waals surface area contributed by atoms with Gasteiger partial charge in [0.2, 0.25) is 0 Å². The average molecular weight is 504 g/mol. The monoisotopic (exact) mass is 504 g/mol. The normalized spacial score (nSPS) is 13.4. The van der Waals surface area contributed by atoms with E-state index in [0.717, 1.165) is 0 Å². The highest BCUT2D eigenvalue weighted by Crippen LogP contribution is 2.28. The van der Waals surface area contributed by atoms with E-state index in [2.05, 4.69) is 20.5 Å². The van der Waals surface area contributed by atoms with Crippen LogP contribution >= 0.6 is 0 Å². The largest absolute Gasteiger partial charge is 0.394 e. The second-order valence-electron chi connectivity index (χ2n) is 8.72. The van der Waals surface area contributed by atoms with Crippen molar-refractivity contribution in [2.24, 2.45) is 0 Å². The SMILES string of the molecule is C[C@H](CO)n1cnnc1-c1cccc(NC(=O)c2cc3c(cc2F)CN(C(=O)c2ccc(F)cc2)C3)n1. The number of aromatic nitrogens is 4. The lowest BCUT2D eigenvalue weighted by Crippen LogP contribution is -2.25. The number of pyridine rings is 1. The van der Waals surface area contributed by atoms with Crippen LogP contribution in [0.15, 0.2) is 60.9 Å². The molecule has 0 unspecified atom stereocenters. The minimum Gasteiger partial charge on any atom is -0.394 e. The molecule has 0 spiro atoms. The second-order valence-corrected chi connectivity index (χ2v) is 8.72. The molecule has 188 valence electrons. The van der Waals surface area contributed by atoms with Gasteiger partial charge < -0.3 is 19.9 Å². The van der Waals surface area contributed by atoms with Crippen LogP contribution in [0.5, 0.6) is 0 Å². The van der Waals surface area contributed by atoms with Crippen LogP contribution in [0.2, 0.25) is 0 Å². The summed E-state index contributed by atoms with van der Waals surface area (Å²) in [6.07, 6.45) is 1.48. The molecule has 2 amide bonds. The van der Waals surface area contributed by atoms with Crippen molar-refractivity contribution in [3.05, 3.63) is 94.8 Å². The maximum Gasteiger partial charge on any atom is 0.259 e. The Morgan fingerprint density at radius 3 is 2.54 bits per heavy atom. The first-order chi connectivity index (χ1) is 17.8. The summed E-state index contributed by atoms with van der Waals surface area (Å²) in [6.45, 7) is 2.05. The number of amides is 2. The third kappa shape index (κ3) is 4.81. The molecule has 5 rings (SSSR count). The maximum atomic E-state index is 14.9. The summed E-state index contributed by atoms with van der Waals surface area (Å²) in [7, 11) is 0. The number of anilines is 1. The summed E-state index contributed by atoms with van der Waals surface area (Å²) < 4.78 is 29.8. The predicted molar refractivity (Wildman–Crippen MR) is 129 cm³/mol. The molecule has 1 aliphatic rings. The van der Waals surface area contributed by atoms with Gasteiger partial charge in [-0.1, -0.05) is 6.07 Å². The van der Waals surface area contributed by atoms with Crippen molar-refractivity contribution in [1.29, 1.82) is 0 Å². The Hall–Kier alpha value is -4.51. The van der Waals surface area contributed by atoms with Gasteiger partial charge in [-0.25, -0.2) is 13.8 Å². The minimum absolute atomic E-state index is 0.119. The van der Waals surface area contributed by atoms with Crippen molar-refractivity contribution in [3.8, 4) is 11.5 Å². The predicted octanol–water partition coefficient (Wildman–Crippen LogP) is 3.58. The van der Waals surface area contributed by atoms with Crippen LogP contribution in [0.3, 0.4) is 0 Å². The Morgan fingerprint density at radius 1 is 1.08 bits per heavy atom. The third-order valence-electron chi connectivity index (χ3n) is 6.17. The fourth-order valence-corrected chi connectivity index (χ4v) is 4.16. The van der Waals surface area contributed by atoms with Gasteiger partial charge in [-0.3, -0.25) is 9.59 Å². The first-order valence-electron chi connectivity index (χ1n) is 11.5. The van der Waals surface area contributed by atoms with Crippen molar-refractivity contribution >= 4 is 17.6 Å². The molecule has 0 radical (unpaired) electrons. The molecule has 0 fully saturated rings. The molecule has 2 aromatic heterocycles. The van der Waals surface area contributed by atoms with E-state index in [9.17, 15) is 23.5 Å². The Balaban J connectivity index is 1.34. The summed E-state index contributed by atoms with van der Waals surface area (Å²) in [4.78, 5) is 31.6. The zero-order valence-electron chi connectivity index (χ0n) is 19.7. The first-order valence-corrected chi connectivity index (χ1v) is 11.5. The molecule has 1 atom stereocenters. The van der Waals surface area contributed by atoms with Gasteiger partial charge >= 0.3 is 0 Å². The minimum atomic E-state index is -0.722. The van der Waals surface area contributed by atoms with E-state index in [1.807, 2.05) is 0 Å². The summed E-state index contributed by atoms with van der Waals surface area (Å²) in [5.41, 5.74) is 1.80. The van der Waals surface area contributed by atoms with E-state index in [4.69, 9.17) is 0 Å². The summed E-state index contributed by atoms with van der Waals surface area (Å²) >= 11 is 0. The Bertz CT molecular complexity index is 1490. The van der Waals surface area contributed by atoms with Gasteiger partial charge in [-0.15, -0.1) is 10.2 Å². The molecule has 4 aromatic rings. The zero-order chi connectivity index (χ0) is 26.1. The number of carbonyl (C=O) groups excluding carboxylic acids is 2. The molecule has 9 nitrogen and oxygen atoms in total. The van der Waals surface area contributed by atoms with Crippen molar-refractivity contribution < 1.29 is 23.5 Å². The molecule has 2 aromatic carbocycles. The summed E-state index contributed by atoms with van der Waals surface area (Å²) in [5.74, 6) is -1.58. The van der Waals surface area contributed by atoms with Crippen LogP contribution in [0.1, 0.15) is 44.8 Å². The molecule has 3 heterocycles. The maximum absolute atomic E-state index is 14.9. The number of nitrogens with zero attached hydrogens (tertiary/aromatic N) is 5. The number of aliphatic hydroxyl groups excluding tert-OH is 1. The number of hydrogen-bond acceptors (Lipinski definition) is 6. The lowest BCUT2D eigenvalue weighted by atomic mass is 10.1. The van der Waals surface area contributed by atoms with Gasteiger partial charge in [0.15, 0.2) is 5.82 Å². The van der Waals surface area contributed by atoms with Gasteiger partial charge in [-0.2, -0.15) is 0 Å². The van der Waals surface area contributed by atoms with Gasteiger partial charge in [-0.05, 0) is 66.6 Å². The van der Waals surface area contributed by atoms with E-state index in [1.165, 1.54) is 47.6 Å². The second kappa shape index (κ2) is 9.86. The lowest BCUT2D eigenvalue weighted by molar-refractivity contribution is 0.0751. The molecule has 0 saturated carbocycles. The number of fused-ring (bicyclic) bond motifs is 1. The third-order valence-corrected chi connectivity index (χ3v) is 6.17. The fourth-order valence-electron chi connectivity index (χ4n) is 4.16. The average Bonchev–Trinajstić information content (AvgIpc) is 3.55. The van der Waals surface area contributed by atoms with E-state index in [0.29, 0.717) is 28.2 Å². The quantitative estimate of drug-likeness (QED) is 0.415. The number of carbonyl (C=O) groups is 2. The molecule has 1 aliphatic heterocycles. The molecular weight excluding hydrogens is 482 g/mol. The number of rotatable bonds is 6. The number of benzene rings is 2. The topological polar surface area (TPSA) is 113 Å². The Kier molecular flexibility index (Phi) is 6.45. The van der Waals surface area contributed by atoms with Crippen molar-refractivity contribution in [2.45, 2.75) is 26.1 Å². The molecule has 0 saturated heterocycles. The van der Waals surface area contributed by atoms with Crippen molar-refractivity contribution in [3.63, 3.8) is 0 Å². The van der Waals surface area contributed by atoms with Crippen LogP contribution in [0.4, 0.5) is 14.6 Å². The van der Waals surface area contributed by atoms with E-state index >= 15 is 0 Å². The highest BCUT2D eigenvalue weighted by Gasteiger charge is 2.27. The Morgan fingerprint density at radius 2 is 1.81 bits per heavy atom. The van der Waals surface area contributed by atoms with Crippen LogP contribution in [-0.4, -0.2) is 48.2 Å². The van der Waals surface area contributed by atoms with Gasteiger partial charge in [0.1, 0.15) is 29.5 Å².